The van der Waals surface area contributed by atoms with Gasteiger partial charge in [0, 0.05) is 56.7 Å². The first-order chi connectivity index (χ1) is 16.9. The van der Waals surface area contributed by atoms with E-state index in [1.165, 1.54) is 6.20 Å². The number of aromatic nitrogens is 2. The van der Waals surface area contributed by atoms with Gasteiger partial charge in [-0.3, -0.25) is 9.89 Å². The van der Waals surface area contributed by atoms with Gasteiger partial charge in [0.1, 0.15) is 6.17 Å². The Balaban J connectivity index is 1.25. The number of piperazine rings is 1. The summed E-state index contributed by atoms with van der Waals surface area (Å²) >= 11 is 6.65. The van der Waals surface area contributed by atoms with Crippen LogP contribution in [0.15, 0.2) is 35.2 Å². The number of rotatable bonds is 7. The van der Waals surface area contributed by atoms with E-state index in [0.717, 1.165) is 62.4 Å². The molecule has 2 atom stereocenters. The van der Waals surface area contributed by atoms with Crippen LogP contribution in [0.3, 0.4) is 0 Å². The van der Waals surface area contributed by atoms with E-state index in [-0.39, 0.29) is 5.54 Å². The molecule has 1 aliphatic carbocycles. The summed E-state index contributed by atoms with van der Waals surface area (Å²) in [6.07, 6.45) is 6.28. The van der Waals surface area contributed by atoms with Crippen LogP contribution in [0.1, 0.15) is 26.2 Å². The number of benzene rings is 1. The number of allylic oxidation sites excluding steroid dienone is 1. The van der Waals surface area contributed by atoms with Crippen LogP contribution in [0.25, 0.3) is 10.9 Å². The maximum atomic E-state index is 13.4. The molecule has 10 heteroatoms. The van der Waals surface area contributed by atoms with Gasteiger partial charge >= 0.3 is 0 Å². The zero-order chi connectivity index (χ0) is 24.4. The van der Waals surface area contributed by atoms with E-state index in [0.29, 0.717) is 42.0 Å². The monoisotopic (exact) mass is 501 g/mol. The first kappa shape index (κ1) is 24.2. The van der Waals surface area contributed by atoms with Gasteiger partial charge in [-0.05, 0) is 44.2 Å². The highest BCUT2D eigenvalue weighted by Crippen LogP contribution is 2.33. The molecule has 3 fully saturated rings. The predicted molar refractivity (Wildman–Crippen MR) is 139 cm³/mol. The second kappa shape index (κ2) is 10.2. The average Bonchev–Trinajstić information content (AvgIpc) is 3.26. The lowest BCUT2D eigenvalue weighted by Crippen LogP contribution is -2.64. The molecule has 2 aliphatic heterocycles. The molecule has 188 valence electrons. The van der Waals surface area contributed by atoms with E-state index in [2.05, 4.69) is 37.0 Å². The van der Waals surface area contributed by atoms with Gasteiger partial charge in [0.25, 0.3) is 0 Å². The largest absolute Gasteiger partial charge is 0.403 e. The normalized spacial score (nSPS) is 25.3. The quantitative estimate of drug-likeness (QED) is 0.560. The Kier molecular flexibility index (Phi) is 7.09. The molecule has 5 rings (SSSR count). The first-order valence-electron chi connectivity index (χ1n) is 12.3. The molecule has 0 amide bonds. The molecule has 3 heterocycles. The van der Waals surface area contributed by atoms with Crippen LogP contribution in [0.4, 0.5) is 16.0 Å². The Bertz CT molecular complexity index is 1110. The van der Waals surface area contributed by atoms with Crippen LogP contribution in [-0.4, -0.2) is 78.7 Å². The van der Waals surface area contributed by atoms with E-state index in [9.17, 15) is 4.39 Å². The summed E-state index contributed by atoms with van der Waals surface area (Å²) in [5.41, 5.74) is 8.33. The number of anilines is 2. The second-order valence-corrected chi connectivity index (χ2v) is 10.4. The fraction of sp³-hybridized carbons (Fsp3) is 0.560. The molecule has 0 radical (unpaired) electrons. The third-order valence-electron chi connectivity index (χ3n) is 7.37. The number of hydrogen-bond donors (Lipinski definition) is 2. The lowest BCUT2D eigenvalue weighted by molar-refractivity contribution is -0.131. The lowest BCUT2D eigenvalue weighted by Gasteiger charge is -2.50. The minimum atomic E-state index is -0.688. The summed E-state index contributed by atoms with van der Waals surface area (Å²) in [6.45, 7) is 8.22. The first-order valence-corrected chi connectivity index (χ1v) is 12.7. The molecule has 35 heavy (non-hydrogen) atoms. The van der Waals surface area contributed by atoms with Gasteiger partial charge in [0.15, 0.2) is 0 Å². The van der Waals surface area contributed by atoms with E-state index in [1.807, 2.05) is 12.1 Å². The molecule has 0 bridgehead atoms. The number of hydrogen-bond acceptors (Lipinski definition) is 8. The number of ether oxygens (including phenoxy) is 1. The summed E-state index contributed by atoms with van der Waals surface area (Å²) in [7, 11) is 0. The maximum Gasteiger partial charge on any atom is 0.227 e. The van der Waals surface area contributed by atoms with Gasteiger partial charge < -0.3 is 20.7 Å². The minimum absolute atomic E-state index is 0.164. The number of aliphatic imine (C=N–C) groups is 1. The van der Waals surface area contributed by atoms with Crippen molar-refractivity contribution in [3.05, 3.63) is 35.2 Å². The zero-order valence-electron chi connectivity index (χ0n) is 20.1. The Labute approximate surface area is 210 Å². The molecule has 2 unspecified atom stereocenters. The highest BCUT2D eigenvalue weighted by atomic mass is 35.5. The van der Waals surface area contributed by atoms with Crippen molar-refractivity contribution in [3.8, 4) is 0 Å². The standard InChI is InChI=1S/C25H33ClFN7O/c1-25(15-35-16-25)34-6-4-33(5-7-34)23-10-22-18(9-21(23)26)13-30-24(32-22)31-20(11-28)14-29-12-17-2-3-19(27)8-17/h9-11,13-14,17,19H,2-8,12,15-16,28H2,1H3,(H,30,31,32)/b20-11+,29-14?. The van der Waals surface area contributed by atoms with Crippen molar-refractivity contribution in [2.75, 3.05) is 56.2 Å². The molecular formula is C25H33ClFN7O. The molecule has 8 nitrogen and oxygen atoms in total. The third-order valence-corrected chi connectivity index (χ3v) is 7.67. The van der Waals surface area contributed by atoms with Gasteiger partial charge in [-0.25, -0.2) is 14.4 Å². The molecule has 3 N–H and O–H groups in total. The highest BCUT2D eigenvalue weighted by Gasteiger charge is 2.40. The van der Waals surface area contributed by atoms with Gasteiger partial charge in [-0.2, -0.15) is 0 Å². The molecule has 2 saturated heterocycles. The molecule has 1 saturated carbocycles. The molecular weight excluding hydrogens is 469 g/mol. The molecule has 2 aromatic rings. The van der Waals surface area contributed by atoms with Gasteiger partial charge in [0.2, 0.25) is 5.95 Å². The summed E-state index contributed by atoms with van der Waals surface area (Å²) in [5, 5.41) is 4.70. The van der Waals surface area contributed by atoms with Crippen molar-refractivity contribution in [1.82, 2.24) is 14.9 Å². The van der Waals surface area contributed by atoms with E-state index in [4.69, 9.17) is 22.1 Å². The van der Waals surface area contributed by atoms with Crippen molar-refractivity contribution in [3.63, 3.8) is 0 Å². The highest BCUT2D eigenvalue weighted by molar-refractivity contribution is 6.34. The summed E-state index contributed by atoms with van der Waals surface area (Å²) in [5.74, 6) is 0.730. The van der Waals surface area contributed by atoms with Gasteiger partial charge in [-0.15, -0.1) is 0 Å². The number of halogens is 2. The minimum Gasteiger partial charge on any atom is -0.403 e. The Morgan fingerprint density at radius 3 is 2.77 bits per heavy atom. The van der Waals surface area contributed by atoms with E-state index in [1.54, 1.807) is 12.4 Å². The topological polar surface area (TPSA) is 91.9 Å². The molecule has 1 aromatic heterocycles. The van der Waals surface area contributed by atoms with Crippen molar-refractivity contribution >= 4 is 40.4 Å². The van der Waals surface area contributed by atoms with Crippen LogP contribution in [0.5, 0.6) is 0 Å². The van der Waals surface area contributed by atoms with Crippen LogP contribution in [0.2, 0.25) is 5.02 Å². The van der Waals surface area contributed by atoms with Gasteiger partial charge in [0.05, 0.1) is 40.7 Å². The lowest BCUT2D eigenvalue weighted by atomic mass is 9.97. The molecule has 3 aliphatic rings. The molecule has 0 spiro atoms. The fourth-order valence-electron chi connectivity index (χ4n) is 5.14. The van der Waals surface area contributed by atoms with Crippen LogP contribution >= 0.6 is 11.6 Å². The number of nitrogens with zero attached hydrogens (tertiary/aromatic N) is 5. The molecule has 1 aromatic carbocycles. The fourth-order valence-corrected chi connectivity index (χ4v) is 5.43. The number of nitrogens with two attached hydrogens (primary N) is 1. The van der Waals surface area contributed by atoms with Crippen LogP contribution in [-0.2, 0) is 4.74 Å². The zero-order valence-corrected chi connectivity index (χ0v) is 20.8. The van der Waals surface area contributed by atoms with Crippen molar-refractivity contribution in [1.29, 1.82) is 0 Å². The van der Waals surface area contributed by atoms with Crippen LogP contribution < -0.4 is 16.0 Å². The summed E-state index contributed by atoms with van der Waals surface area (Å²) in [4.78, 5) is 18.4. The van der Waals surface area contributed by atoms with Crippen molar-refractivity contribution in [2.24, 2.45) is 16.6 Å². The predicted octanol–water partition coefficient (Wildman–Crippen LogP) is 3.62. The summed E-state index contributed by atoms with van der Waals surface area (Å²) in [6, 6.07) is 3.95. The van der Waals surface area contributed by atoms with E-state index < -0.39 is 6.17 Å². The van der Waals surface area contributed by atoms with E-state index >= 15 is 0 Å². The number of alkyl halides is 1. The maximum absolute atomic E-state index is 13.4. The average molecular weight is 502 g/mol. The summed E-state index contributed by atoms with van der Waals surface area (Å²) < 4.78 is 18.8. The number of nitrogens with one attached hydrogen (secondary N) is 1. The van der Waals surface area contributed by atoms with Crippen LogP contribution in [0, 0.1) is 5.92 Å². The SMILES string of the molecule is CC1(N2CCN(c3cc4nc(N/C(C=NCC5CCC(F)C5)=C/N)ncc4cc3Cl)CC2)COC1. The van der Waals surface area contributed by atoms with Crippen molar-refractivity contribution in [2.45, 2.75) is 37.9 Å². The smallest absolute Gasteiger partial charge is 0.227 e. The van der Waals surface area contributed by atoms with Gasteiger partial charge in [-0.1, -0.05) is 11.6 Å². The third kappa shape index (κ3) is 5.37. The Morgan fingerprint density at radius 2 is 2.11 bits per heavy atom. The van der Waals surface area contributed by atoms with Crippen molar-refractivity contribution < 1.29 is 9.13 Å². The Morgan fingerprint density at radius 1 is 1.31 bits per heavy atom. The number of fused-ring (bicyclic) bond motifs is 1. The Hall–Kier alpha value is -2.49. The second-order valence-electron chi connectivity index (χ2n) is 10.0.